The van der Waals surface area contributed by atoms with E-state index in [-0.39, 0.29) is 27.9 Å². The van der Waals surface area contributed by atoms with E-state index < -0.39 is 11.9 Å². The van der Waals surface area contributed by atoms with Gasteiger partial charge in [-0.25, -0.2) is 0 Å². The Balaban J connectivity index is 2.18. The number of carbonyl (C=O) groups excluding carboxylic acids is 2. The van der Waals surface area contributed by atoms with Crippen LogP contribution in [0.15, 0.2) is 23.2 Å². The first-order chi connectivity index (χ1) is 12.8. The summed E-state index contributed by atoms with van der Waals surface area (Å²) in [6.07, 6.45) is 0. The number of hydrogen-bond donors (Lipinski definition) is 0. The fourth-order valence-electron chi connectivity index (χ4n) is 2.33. The molecule has 1 aromatic carbocycles. The number of fused-ring (bicyclic) bond motifs is 1. The van der Waals surface area contributed by atoms with Gasteiger partial charge in [-0.05, 0) is 25.1 Å². The summed E-state index contributed by atoms with van der Waals surface area (Å²) in [5.41, 5.74) is 0.732. The van der Waals surface area contributed by atoms with Crippen LogP contribution in [0.2, 0.25) is 18.7 Å². The average Bonchev–Trinajstić information content (AvgIpc) is 3.07. The first-order valence-corrected chi connectivity index (χ1v) is 10.6. The molecule has 0 atom stereocenters. The van der Waals surface area contributed by atoms with Gasteiger partial charge in [0.25, 0.3) is 5.91 Å². The van der Waals surface area contributed by atoms with Gasteiger partial charge in [0.2, 0.25) is 0 Å². The monoisotopic (exact) mass is 482 g/mol. The van der Waals surface area contributed by atoms with Gasteiger partial charge in [0.15, 0.2) is 4.80 Å². The van der Waals surface area contributed by atoms with Crippen LogP contribution >= 0.6 is 69.1 Å². The number of esters is 1. The largest absolute Gasteiger partial charge is 0.465 e. The fourth-order valence-corrected chi connectivity index (χ4v) is 5.59. The van der Waals surface area contributed by atoms with Crippen LogP contribution in [0.5, 0.6) is 0 Å². The first-order valence-electron chi connectivity index (χ1n) is 7.48. The lowest BCUT2D eigenvalue weighted by molar-refractivity contribution is -0.143. The van der Waals surface area contributed by atoms with Crippen molar-refractivity contribution in [3.8, 4) is 0 Å². The maximum Gasteiger partial charge on any atom is 0.326 e. The van der Waals surface area contributed by atoms with Crippen LogP contribution in [0.4, 0.5) is 0 Å². The van der Waals surface area contributed by atoms with Crippen molar-refractivity contribution in [2.45, 2.75) is 13.5 Å². The molecule has 3 aromatic rings. The predicted molar refractivity (Wildman–Crippen MR) is 111 cm³/mol. The van der Waals surface area contributed by atoms with E-state index in [4.69, 9.17) is 51.1 Å². The number of amides is 1. The Morgan fingerprint density at radius 3 is 2.52 bits per heavy atom. The van der Waals surface area contributed by atoms with Crippen molar-refractivity contribution < 1.29 is 14.3 Å². The molecular weight excluding hydrogens is 474 g/mol. The lowest BCUT2D eigenvalue weighted by Crippen LogP contribution is -2.23. The zero-order chi connectivity index (χ0) is 19.7. The van der Waals surface area contributed by atoms with E-state index in [0.29, 0.717) is 24.6 Å². The van der Waals surface area contributed by atoms with E-state index in [0.717, 1.165) is 11.3 Å². The summed E-state index contributed by atoms with van der Waals surface area (Å²) < 4.78 is 7.83. The van der Waals surface area contributed by atoms with Crippen LogP contribution in [-0.4, -0.2) is 23.1 Å². The van der Waals surface area contributed by atoms with Gasteiger partial charge in [0.1, 0.15) is 10.9 Å². The Hall–Kier alpha value is -1.09. The number of thiophene rings is 1. The van der Waals surface area contributed by atoms with Crippen molar-refractivity contribution in [1.29, 1.82) is 0 Å². The molecule has 2 heterocycles. The highest BCUT2D eigenvalue weighted by atomic mass is 35.5. The minimum atomic E-state index is -0.575. The number of benzene rings is 1. The maximum absolute atomic E-state index is 12.6. The number of nitrogens with zero attached hydrogens (tertiary/aromatic N) is 2. The number of thiazole rings is 1. The molecule has 0 saturated heterocycles. The summed E-state index contributed by atoms with van der Waals surface area (Å²) in [6.45, 7) is 1.78. The fraction of sp³-hybridized carbons (Fsp3) is 0.188. The quantitative estimate of drug-likeness (QED) is 0.448. The van der Waals surface area contributed by atoms with E-state index >= 15 is 0 Å². The molecule has 0 fully saturated rings. The Labute approximate surface area is 181 Å². The normalized spacial score (nSPS) is 12.0. The lowest BCUT2D eigenvalue weighted by atomic mass is 10.3. The molecule has 1 amide bonds. The van der Waals surface area contributed by atoms with Crippen molar-refractivity contribution in [3.63, 3.8) is 0 Å². The molecule has 0 saturated carbocycles. The van der Waals surface area contributed by atoms with Gasteiger partial charge in [0.05, 0.1) is 31.7 Å². The zero-order valence-corrected chi connectivity index (χ0v) is 18.3. The molecule has 0 N–H and O–H groups in total. The third-order valence-electron chi connectivity index (χ3n) is 3.37. The summed E-state index contributed by atoms with van der Waals surface area (Å²) in [5.74, 6) is -1.05. The number of ether oxygens (including phenoxy) is 1. The molecule has 0 unspecified atom stereocenters. The lowest BCUT2D eigenvalue weighted by Gasteiger charge is -2.06. The molecular formula is C16H10Cl4N2O3S2. The van der Waals surface area contributed by atoms with Crippen molar-refractivity contribution in [3.05, 3.63) is 47.3 Å². The van der Waals surface area contributed by atoms with Gasteiger partial charge < -0.3 is 9.30 Å². The maximum atomic E-state index is 12.6. The third kappa shape index (κ3) is 4.50. The summed E-state index contributed by atoms with van der Waals surface area (Å²) in [6, 6.07) is 4.70. The highest BCUT2D eigenvalue weighted by Crippen LogP contribution is 2.32. The second-order valence-corrected chi connectivity index (χ2v) is 9.30. The molecule has 0 bridgehead atoms. The Kier molecular flexibility index (Phi) is 6.50. The van der Waals surface area contributed by atoms with Gasteiger partial charge >= 0.3 is 5.97 Å². The smallest absolute Gasteiger partial charge is 0.326 e. The molecule has 0 radical (unpaired) electrons. The molecule has 2 aromatic heterocycles. The summed E-state index contributed by atoms with van der Waals surface area (Å²) >= 11 is 26.5. The highest BCUT2D eigenvalue weighted by molar-refractivity contribution is 7.20. The van der Waals surface area contributed by atoms with Crippen LogP contribution in [0.3, 0.4) is 0 Å². The molecule has 142 valence electrons. The van der Waals surface area contributed by atoms with E-state index in [1.54, 1.807) is 19.1 Å². The van der Waals surface area contributed by atoms with Crippen LogP contribution in [0, 0.1) is 0 Å². The molecule has 0 aliphatic carbocycles. The standard InChI is InChI=1S/C16H10Cl4N2O3S2/c1-2-25-12(23)6-22-13-9(18)3-7(17)4-10(13)26-16(22)21-15(24)8-5-11(19)27-14(8)20/h3-5H,2,6H2,1H3. The number of hydrogen-bond acceptors (Lipinski definition) is 5. The minimum Gasteiger partial charge on any atom is -0.465 e. The molecule has 5 nitrogen and oxygen atoms in total. The minimum absolute atomic E-state index is 0.153. The van der Waals surface area contributed by atoms with Crippen molar-refractivity contribution in [2.75, 3.05) is 6.61 Å². The predicted octanol–water partition coefficient (Wildman–Crippen LogP) is 5.68. The van der Waals surface area contributed by atoms with E-state index in [1.807, 2.05) is 0 Å². The van der Waals surface area contributed by atoms with Gasteiger partial charge in [-0.3, -0.25) is 9.59 Å². The summed E-state index contributed by atoms with van der Waals surface area (Å²) in [5, 5.41) is 0.770. The average molecular weight is 484 g/mol. The molecule has 0 spiro atoms. The molecule has 27 heavy (non-hydrogen) atoms. The van der Waals surface area contributed by atoms with Crippen LogP contribution in [-0.2, 0) is 16.1 Å². The van der Waals surface area contributed by atoms with Crippen molar-refractivity contribution in [2.24, 2.45) is 4.99 Å². The second kappa shape index (κ2) is 8.51. The van der Waals surface area contributed by atoms with Gasteiger partial charge in [-0.15, -0.1) is 11.3 Å². The first kappa shape index (κ1) is 20.6. The van der Waals surface area contributed by atoms with E-state index in [9.17, 15) is 9.59 Å². The third-order valence-corrected chi connectivity index (χ3v) is 6.39. The Morgan fingerprint density at radius 1 is 1.15 bits per heavy atom. The number of halogens is 4. The zero-order valence-electron chi connectivity index (χ0n) is 13.6. The van der Waals surface area contributed by atoms with Crippen LogP contribution in [0.1, 0.15) is 17.3 Å². The molecule has 11 heteroatoms. The number of rotatable bonds is 4. The number of aromatic nitrogens is 1. The Bertz CT molecular complexity index is 1120. The second-order valence-electron chi connectivity index (χ2n) is 5.17. The van der Waals surface area contributed by atoms with Gasteiger partial charge in [-0.2, -0.15) is 4.99 Å². The number of carbonyl (C=O) groups is 2. The van der Waals surface area contributed by atoms with Crippen molar-refractivity contribution in [1.82, 2.24) is 4.57 Å². The molecule has 3 rings (SSSR count). The van der Waals surface area contributed by atoms with Crippen LogP contribution in [0.25, 0.3) is 10.2 Å². The molecule has 0 aliphatic heterocycles. The molecule has 0 aliphatic rings. The summed E-state index contributed by atoms with van der Waals surface area (Å²) in [4.78, 5) is 29.0. The topological polar surface area (TPSA) is 60.7 Å². The van der Waals surface area contributed by atoms with E-state index in [1.165, 1.54) is 22.0 Å². The van der Waals surface area contributed by atoms with Crippen LogP contribution < -0.4 is 4.80 Å². The van der Waals surface area contributed by atoms with Gasteiger partial charge in [0, 0.05) is 5.02 Å². The van der Waals surface area contributed by atoms with Gasteiger partial charge in [-0.1, -0.05) is 57.7 Å². The van der Waals surface area contributed by atoms with E-state index in [2.05, 4.69) is 4.99 Å². The SMILES string of the molecule is CCOC(=O)Cn1c(=NC(=O)c2cc(Cl)sc2Cl)sc2cc(Cl)cc(Cl)c21. The Morgan fingerprint density at radius 2 is 1.89 bits per heavy atom. The highest BCUT2D eigenvalue weighted by Gasteiger charge is 2.18. The summed E-state index contributed by atoms with van der Waals surface area (Å²) in [7, 11) is 0. The van der Waals surface area contributed by atoms with Crippen molar-refractivity contribution >= 4 is 91.2 Å².